The fraction of sp³-hybridized carbons (Fsp3) is 0.625. The van der Waals surface area contributed by atoms with E-state index in [4.69, 9.17) is 9.47 Å². The van der Waals surface area contributed by atoms with Crippen LogP contribution in [0.25, 0.3) is 0 Å². The topological polar surface area (TPSA) is 30.5 Å². The van der Waals surface area contributed by atoms with Crippen molar-refractivity contribution in [3.63, 3.8) is 0 Å². The van der Waals surface area contributed by atoms with Gasteiger partial charge >= 0.3 is 0 Å². The summed E-state index contributed by atoms with van der Waals surface area (Å²) < 4.78 is 24.8. The molecule has 4 heteroatoms. The van der Waals surface area contributed by atoms with Crippen molar-refractivity contribution >= 4 is 0 Å². The van der Waals surface area contributed by atoms with E-state index in [1.807, 2.05) is 6.07 Å². The van der Waals surface area contributed by atoms with Gasteiger partial charge in [0.25, 0.3) is 0 Å². The molecule has 1 aromatic rings. The van der Waals surface area contributed by atoms with E-state index in [1.165, 1.54) is 12.1 Å². The molecule has 0 saturated carbocycles. The predicted octanol–water partition coefficient (Wildman–Crippen LogP) is 3.27. The van der Waals surface area contributed by atoms with Crippen LogP contribution in [0.5, 0.6) is 5.75 Å². The summed E-state index contributed by atoms with van der Waals surface area (Å²) in [5, 5.41) is 3.34. The molecule has 0 spiro atoms. The van der Waals surface area contributed by atoms with Gasteiger partial charge in [0.05, 0.1) is 6.10 Å². The molecule has 1 saturated heterocycles. The van der Waals surface area contributed by atoms with E-state index < -0.39 is 0 Å². The van der Waals surface area contributed by atoms with Crippen LogP contribution in [0.3, 0.4) is 0 Å². The highest BCUT2D eigenvalue weighted by molar-refractivity contribution is 5.29. The maximum atomic E-state index is 13.6. The largest absolute Gasteiger partial charge is 0.491 e. The van der Waals surface area contributed by atoms with E-state index in [0.717, 1.165) is 25.0 Å². The van der Waals surface area contributed by atoms with Crippen LogP contribution in [0.2, 0.25) is 0 Å². The summed E-state index contributed by atoms with van der Waals surface area (Å²) >= 11 is 0. The van der Waals surface area contributed by atoms with Gasteiger partial charge in [-0.15, -0.1) is 0 Å². The minimum Gasteiger partial charge on any atom is -0.491 e. The Morgan fingerprint density at radius 1 is 1.35 bits per heavy atom. The first-order valence-corrected chi connectivity index (χ1v) is 7.21. The molecule has 1 aliphatic heterocycles. The maximum absolute atomic E-state index is 13.6. The number of halogens is 1. The fourth-order valence-corrected chi connectivity index (χ4v) is 2.14. The van der Waals surface area contributed by atoms with E-state index >= 15 is 0 Å². The van der Waals surface area contributed by atoms with Gasteiger partial charge in [0, 0.05) is 24.8 Å². The van der Waals surface area contributed by atoms with Crippen molar-refractivity contribution in [2.24, 2.45) is 0 Å². The Morgan fingerprint density at radius 2 is 2.15 bits per heavy atom. The number of hydrogen-bond acceptors (Lipinski definition) is 3. The van der Waals surface area contributed by atoms with Gasteiger partial charge in [0.1, 0.15) is 18.2 Å². The van der Waals surface area contributed by atoms with Crippen molar-refractivity contribution in [1.82, 2.24) is 5.32 Å². The number of nitrogens with one attached hydrogen (secondary N) is 1. The van der Waals surface area contributed by atoms with Crippen molar-refractivity contribution in [1.29, 1.82) is 0 Å². The number of rotatable bonds is 5. The first-order valence-electron chi connectivity index (χ1n) is 7.21. The van der Waals surface area contributed by atoms with Crippen molar-refractivity contribution in [3.8, 4) is 5.75 Å². The Labute approximate surface area is 120 Å². The summed E-state index contributed by atoms with van der Waals surface area (Å²) in [6, 6.07) is 4.85. The monoisotopic (exact) mass is 281 g/mol. The van der Waals surface area contributed by atoms with E-state index in [2.05, 4.69) is 26.1 Å². The standard InChI is InChI=1S/C16H24FNO2/c1-16(2,3)18-10-12-7-13(17)9-15(8-12)20-11-14-5-4-6-19-14/h7-9,14,18H,4-6,10-11H2,1-3H3. The predicted molar refractivity (Wildman–Crippen MR) is 77.5 cm³/mol. The van der Waals surface area contributed by atoms with Crippen molar-refractivity contribution < 1.29 is 13.9 Å². The third-order valence-electron chi connectivity index (χ3n) is 3.21. The first kappa shape index (κ1) is 15.3. The van der Waals surface area contributed by atoms with Gasteiger partial charge in [0.15, 0.2) is 0 Å². The summed E-state index contributed by atoms with van der Waals surface area (Å²) in [6.07, 6.45) is 2.25. The molecule has 2 rings (SSSR count). The minimum absolute atomic E-state index is 0.00499. The lowest BCUT2D eigenvalue weighted by Crippen LogP contribution is -2.35. The lowest BCUT2D eigenvalue weighted by Gasteiger charge is -2.21. The van der Waals surface area contributed by atoms with Gasteiger partial charge in [0.2, 0.25) is 0 Å². The molecule has 3 nitrogen and oxygen atoms in total. The van der Waals surface area contributed by atoms with Gasteiger partial charge in [-0.05, 0) is 51.3 Å². The zero-order valence-electron chi connectivity index (χ0n) is 12.5. The normalized spacial score (nSPS) is 19.3. The number of hydrogen-bond donors (Lipinski definition) is 1. The van der Waals surface area contributed by atoms with Crippen LogP contribution in [-0.4, -0.2) is 24.9 Å². The molecule has 1 unspecified atom stereocenters. The lowest BCUT2D eigenvalue weighted by molar-refractivity contribution is 0.0678. The Bertz CT molecular complexity index is 437. The van der Waals surface area contributed by atoms with Crippen LogP contribution < -0.4 is 10.1 Å². The van der Waals surface area contributed by atoms with Gasteiger partial charge in [-0.25, -0.2) is 4.39 Å². The molecule has 1 fully saturated rings. The van der Waals surface area contributed by atoms with Crippen molar-refractivity contribution in [2.75, 3.05) is 13.2 Å². The van der Waals surface area contributed by atoms with Crippen LogP contribution in [-0.2, 0) is 11.3 Å². The Hall–Kier alpha value is -1.13. The molecule has 112 valence electrons. The Morgan fingerprint density at radius 3 is 2.80 bits per heavy atom. The SMILES string of the molecule is CC(C)(C)NCc1cc(F)cc(OCC2CCCO2)c1. The van der Waals surface area contributed by atoms with Crippen LogP contribution in [0, 0.1) is 5.82 Å². The third kappa shape index (κ3) is 5.10. The van der Waals surface area contributed by atoms with Crippen LogP contribution in [0.4, 0.5) is 4.39 Å². The second-order valence-corrected chi connectivity index (χ2v) is 6.34. The van der Waals surface area contributed by atoms with Crippen molar-refractivity contribution in [3.05, 3.63) is 29.6 Å². The zero-order chi connectivity index (χ0) is 14.6. The van der Waals surface area contributed by atoms with E-state index in [0.29, 0.717) is 18.9 Å². The molecule has 1 aromatic carbocycles. The van der Waals surface area contributed by atoms with Crippen molar-refractivity contribution in [2.45, 2.75) is 51.8 Å². The van der Waals surface area contributed by atoms with E-state index in [1.54, 1.807) is 0 Å². The molecule has 0 aliphatic carbocycles. The van der Waals surface area contributed by atoms with Crippen LogP contribution in [0.15, 0.2) is 18.2 Å². The molecule has 0 bridgehead atoms. The Balaban J connectivity index is 1.93. The summed E-state index contributed by atoms with van der Waals surface area (Å²) in [4.78, 5) is 0. The minimum atomic E-state index is -0.263. The molecule has 1 heterocycles. The molecule has 1 N–H and O–H groups in total. The van der Waals surface area contributed by atoms with Crippen LogP contribution >= 0.6 is 0 Å². The third-order valence-corrected chi connectivity index (χ3v) is 3.21. The molecular formula is C16H24FNO2. The molecule has 1 aliphatic rings. The zero-order valence-corrected chi connectivity index (χ0v) is 12.5. The second-order valence-electron chi connectivity index (χ2n) is 6.34. The highest BCUT2D eigenvalue weighted by atomic mass is 19.1. The van der Waals surface area contributed by atoms with Crippen LogP contribution in [0.1, 0.15) is 39.2 Å². The summed E-state index contributed by atoms with van der Waals surface area (Å²) in [7, 11) is 0. The Kier molecular flexibility index (Phi) is 5.00. The summed E-state index contributed by atoms with van der Waals surface area (Å²) in [5.41, 5.74) is 0.896. The summed E-state index contributed by atoms with van der Waals surface area (Å²) in [5.74, 6) is 0.312. The quantitative estimate of drug-likeness (QED) is 0.898. The first-order chi connectivity index (χ1) is 9.42. The van der Waals surface area contributed by atoms with Gasteiger partial charge in [-0.2, -0.15) is 0 Å². The van der Waals surface area contributed by atoms with Gasteiger partial charge in [-0.3, -0.25) is 0 Å². The van der Waals surface area contributed by atoms with E-state index in [9.17, 15) is 4.39 Å². The molecule has 20 heavy (non-hydrogen) atoms. The summed E-state index contributed by atoms with van der Waals surface area (Å²) in [6.45, 7) is 8.18. The molecule has 0 amide bonds. The smallest absolute Gasteiger partial charge is 0.127 e. The second kappa shape index (κ2) is 6.55. The van der Waals surface area contributed by atoms with E-state index in [-0.39, 0.29) is 17.5 Å². The molecular weight excluding hydrogens is 257 g/mol. The molecule has 0 aromatic heterocycles. The highest BCUT2D eigenvalue weighted by Crippen LogP contribution is 2.19. The average Bonchev–Trinajstić information content (AvgIpc) is 2.86. The number of ether oxygens (including phenoxy) is 2. The highest BCUT2D eigenvalue weighted by Gasteiger charge is 2.16. The molecule has 1 atom stereocenters. The molecule has 0 radical (unpaired) electrons. The van der Waals surface area contributed by atoms with Gasteiger partial charge in [-0.1, -0.05) is 0 Å². The average molecular weight is 281 g/mol. The van der Waals surface area contributed by atoms with Gasteiger partial charge < -0.3 is 14.8 Å². The number of benzene rings is 1. The maximum Gasteiger partial charge on any atom is 0.127 e. The fourth-order valence-electron chi connectivity index (χ4n) is 2.14. The lowest BCUT2D eigenvalue weighted by atomic mass is 10.1.